The number of nitrogens with zero attached hydrogens (tertiary/aromatic N) is 1. The molecule has 3 aromatic rings. The van der Waals surface area contributed by atoms with Crippen LogP contribution in [0.5, 0.6) is 0 Å². The van der Waals surface area contributed by atoms with E-state index in [2.05, 4.69) is 17.6 Å². The Bertz CT molecular complexity index is 1450. The fraction of sp³-hybridized carbons (Fsp3) is 0.406. The Morgan fingerprint density at radius 3 is 2.50 bits per heavy atom. The number of nitrogens with one attached hydrogen (secondary N) is 2. The second-order valence-corrected chi connectivity index (χ2v) is 12.8. The Labute approximate surface area is 238 Å². The van der Waals surface area contributed by atoms with Crippen LogP contribution in [0.25, 0.3) is 10.8 Å². The molecule has 1 spiro atoms. The van der Waals surface area contributed by atoms with E-state index >= 15 is 0 Å². The van der Waals surface area contributed by atoms with Gasteiger partial charge in [-0.2, -0.15) is 0 Å². The molecule has 3 unspecified atom stereocenters. The van der Waals surface area contributed by atoms with Gasteiger partial charge in [-0.3, -0.25) is 14.4 Å². The zero-order chi connectivity index (χ0) is 28.0. The normalized spacial score (nSPS) is 29.4. The van der Waals surface area contributed by atoms with E-state index in [0.717, 1.165) is 29.2 Å². The highest BCUT2D eigenvalue weighted by Gasteiger charge is 2.76. The third kappa shape index (κ3) is 4.11. The molecule has 3 saturated heterocycles. The van der Waals surface area contributed by atoms with E-state index in [0.29, 0.717) is 12.2 Å². The maximum absolute atomic E-state index is 14.5. The molecule has 7 atom stereocenters. The quantitative estimate of drug-likeness (QED) is 0.382. The third-order valence-electron chi connectivity index (χ3n) is 8.99. The minimum Gasteiger partial charge on any atom is -0.394 e. The number of carbonyl (C=O) groups is 3. The zero-order valence-corrected chi connectivity index (χ0v) is 23.6. The number of carbonyl (C=O) groups excluding carboxylic acids is 3. The van der Waals surface area contributed by atoms with Gasteiger partial charge in [-0.15, -0.1) is 11.8 Å². The molecule has 40 heavy (non-hydrogen) atoms. The average Bonchev–Trinajstić information content (AvgIpc) is 3.56. The number of benzene rings is 3. The molecule has 6 rings (SSSR count). The Hall–Kier alpha value is -3.36. The van der Waals surface area contributed by atoms with Crippen molar-refractivity contribution in [3.63, 3.8) is 0 Å². The molecule has 3 fully saturated rings. The summed E-state index contributed by atoms with van der Waals surface area (Å²) >= 11 is 1.64. The predicted octanol–water partition coefficient (Wildman–Crippen LogP) is 4.38. The largest absolute Gasteiger partial charge is 0.394 e. The molecule has 8 heteroatoms. The van der Waals surface area contributed by atoms with Gasteiger partial charge in [0.2, 0.25) is 17.7 Å². The average molecular weight is 558 g/mol. The standard InChI is InChI=1S/C32H35N3O4S/c1-3-15-33-29(37)26-25-16-19(2)32(40-25)27(26)31(39)35(24(18-36)21-10-5-4-6-11-21)28(32)30(38)34-23-14-13-20-9-7-8-12-22(20)17-23/h4-14,17,19,24-28,36H,3,15-16,18H2,1-2H3,(H,33,37)(H,34,38)/t19?,24-,25+,26-,27+,28?,32?/m1/s1. The number of fused-ring (bicyclic) bond motifs is 2. The summed E-state index contributed by atoms with van der Waals surface area (Å²) in [6, 6.07) is 21.6. The molecule has 0 aromatic heterocycles. The molecule has 0 saturated carbocycles. The second kappa shape index (κ2) is 10.6. The van der Waals surface area contributed by atoms with E-state index in [9.17, 15) is 19.5 Å². The Balaban J connectivity index is 1.43. The zero-order valence-electron chi connectivity index (χ0n) is 22.7. The number of hydrogen-bond acceptors (Lipinski definition) is 5. The van der Waals surface area contributed by atoms with E-state index in [4.69, 9.17) is 0 Å². The lowest BCUT2D eigenvalue weighted by Gasteiger charge is -2.40. The monoisotopic (exact) mass is 557 g/mol. The van der Waals surface area contributed by atoms with Crippen LogP contribution in [-0.4, -0.2) is 56.9 Å². The smallest absolute Gasteiger partial charge is 0.248 e. The highest BCUT2D eigenvalue weighted by Crippen LogP contribution is 2.69. The summed E-state index contributed by atoms with van der Waals surface area (Å²) in [6.45, 7) is 4.33. The summed E-state index contributed by atoms with van der Waals surface area (Å²) in [7, 11) is 0. The molecule has 0 aliphatic carbocycles. The van der Waals surface area contributed by atoms with Gasteiger partial charge in [0.05, 0.1) is 29.2 Å². The van der Waals surface area contributed by atoms with Crippen molar-refractivity contribution in [2.24, 2.45) is 17.8 Å². The predicted molar refractivity (Wildman–Crippen MR) is 158 cm³/mol. The number of anilines is 1. The van der Waals surface area contributed by atoms with E-state index in [1.54, 1.807) is 16.7 Å². The van der Waals surface area contributed by atoms with Gasteiger partial charge in [-0.25, -0.2) is 0 Å². The number of hydrogen-bond donors (Lipinski definition) is 3. The Morgan fingerprint density at radius 1 is 1.05 bits per heavy atom. The van der Waals surface area contributed by atoms with Crippen LogP contribution in [0.4, 0.5) is 5.69 Å². The van der Waals surface area contributed by atoms with Crippen molar-refractivity contribution in [1.29, 1.82) is 0 Å². The lowest BCUT2D eigenvalue weighted by molar-refractivity contribution is -0.142. The summed E-state index contributed by atoms with van der Waals surface area (Å²) in [4.78, 5) is 43.9. The third-order valence-corrected chi connectivity index (χ3v) is 11.1. The molecule has 3 heterocycles. The van der Waals surface area contributed by atoms with Gasteiger partial charge < -0.3 is 20.6 Å². The van der Waals surface area contributed by atoms with E-state index < -0.39 is 28.7 Å². The molecule has 3 N–H and O–H groups in total. The first-order valence-electron chi connectivity index (χ1n) is 14.1. The summed E-state index contributed by atoms with van der Waals surface area (Å²) in [5, 5.41) is 18.8. The van der Waals surface area contributed by atoms with Crippen molar-refractivity contribution in [2.75, 3.05) is 18.5 Å². The molecule has 3 aliphatic heterocycles. The van der Waals surface area contributed by atoms with Crippen molar-refractivity contribution in [1.82, 2.24) is 10.2 Å². The van der Waals surface area contributed by atoms with Crippen molar-refractivity contribution < 1.29 is 19.5 Å². The lowest BCUT2D eigenvalue weighted by atomic mass is 9.66. The first-order valence-corrected chi connectivity index (χ1v) is 15.0. The number of thioether (sulfide) groups is 1. The molecular formula is C32H35N3O4S. The second-order valence-electron chi connectivity index (χ2n) is 11.2. The van der Waals surface area contributed by atoms with Gasteiger partial charge in [0, 0.05) is 17.5 Å². The fourth-order valence-electron chi connectivity index (χ4n) is 7.27. The van der Waals surface area contributed by atoms with Crippen molar-refractivity contribution >= 4 is 45.9 Å². The number of aliphatic hydroxyl groups excluding tert-OH is 1. The SMILES string of the molecule is CCCNC(=O)[C@@H]1[C@@H]2CC(C)C3(S2)C(C(=O)Nc2ccc4ccccc4c2)N([C@H](CO)c2ccccc2)C(=O)[C@H]13. The number of likely N-dealkylation sites (tertiary alicyclic amines) is 1. The van der Waals surface area contributed by atoms with Crippen LogP contribution in [0.1, 0.15) is 38.3 Å². The van der Waals surface area contributed by atoms with Gasteiger partial charge in [0.15, 0.2) is 0 Å². The van der Waals surface area contributed by atoms with Crippen LogP contribution in [0.2, 0.25) is 0 Å². The molecule has 3 aliphatic rings. The summed E-state index contributed by atoms with van der Waals surface area (Å²) in [5.41, 5.74) is 1.41. The minimum absolute atomic E-state index is 0.0248. The molecule has 3 aromatic carbocycles. The van der Waals surface area contributed by atoms with E-state index in [-0.39, 0.29) is 35.5 Å². The summed E-state index contributed by atoms with van der Waals surface area (Å²) < 4.78 is -0.765. The maximum Gasteiger partial charge on any atom is 0.248 e. The van der Waals surface area contributed by atoms with Crippen molar-refractivity contribution in [3.05, 3.63) is 78.4 Å². The Kier molecular flexibility index (Phi) is 7.09. The maximum atomic E-state index is 14.5. The number of amides is 3. The first-order chi connectivity index (χ1) is 19.4. The van der Waals surface area contributed by atoms with Gasteiger partial charge in [-0.1, -0.05) is 74.5 Å². The van der Waals surface area contributed by atoms with Crippen LogP contribution in [0, 0.1) is 17.8 Å². The fourth-order valence-corrected chi connectivity index (χ4v) is 9.68. The van der Waals surface area contributed by atoms with E-state index in [1.165, 1.54) is 0 Å². The lowest BCUT2D eigenvalue weighted by Crippen LogP contribution is -2.55. The van der Waals surface area contributed by atoms with Crippen molar-refractivity contribution in [3.8, 4) is 0 Å². The summed E-state index contributed by atoms with van der Waals surface area (Å²) in [5.74, 6) is -1.71. The van der Waals surface area contributed by atoms with Crippen LogP contribution in [-0.2, 0) is 14.4 Å². The topological polar surface area (TPSA) is 98.7 Å². The molecular weight excluding hydrogens is 522 g/mol. The molecule has 7 nitrogen and oxygen atoms in total. The van der Waals surface area contributed by atoms with Gasteiger partial charge in [0.1, 0.15) is 6.04 Å². The number of rotatable bonds is 8. The summed E-state index contributed by atoms with van der Waals surface area (Å²) in [6.07, 6.45) is 1.57. The van der Waals surface area contributed by atoms with Crippen LogP contribution >= 0.6 is 11.8 Å². The Morgan fingerprint density at radius 2 is 1.77 bits per heavy atom. The highest BCUT2D eigenvalue weighted by molar-refractivity contribution is 8.02. The van der Waals surface area contributed by atoms with Crippen molar-refractivity contribution in [2.45, 2.75) is 48.8 Å². The van der Waals surface area contributed by atoms with E-state index in [1.807, 2.05) is 79.7 Å². The molecule has 208 valence electrons. The highest BCUT2D eigenvalue weighted by atomic mass is 32.2. The van der Waals surface area contributed by atoms with Crippen LogP contribution in [0.15, 0.2) is 72.8 Å². The molecule has 0 radical (unpaired) electrons. The van der Waals surface area contributed by atoms with Crippen LogP contribution in [0.3, 0.4) is 0 Å². The molecule has 3 amide bonds. The van der Waals surface area contributed by atoms with Crippen LogP contribution < -0.4 is 10.6 Å². The van der Waals surface area contributed by atoms with Gasteiger partial charge >= 0.3 is 0 Å². The first kappa shape index (κ1) is 26.8. The molecule has 2 bridgehead atoms. The van der Waals surface area contributed by atoms with Gasteiger partial charge in [-0.05, 0) is 47.2 Å². The minimum atomic E-state index is -0.845. The van der Waals surface area contributed by atoms with Gasteiger partial charge in [0.25, 0.3) is 0 Å². The number of aliphatic hydroxyl groups is 1.